The summed E-state index contributed by atoms with van der Waals surface area (Å²) in [5.41, 5.74) is 0. The second kappa shape index (κ2) is 14.5. The quantitative estimate of drug-likeness (QED) is 0.278. The van der Waals surface area contributed by atoms with Crippen LogP contribution in [0.5, 0.6) is 5.75 Å². The van der Waals surface area contributed by atoms with Crippen LogP contribution in [0.15, 0.2) is 34.7 Å². The lowest BCUT2D eigenvalue weighted by atomic mass is 10.2. The molecule has 0 bridgehead atoms. The fraction of sp³-hybridized carbons (Fsp3) is 0.560. The zero-order valence-corrected chi connectivity index (χ0v) is 21.0. The van der Waals surface area contributed by atoms with Gasteiger partial charge in [0, 0.05) is 12.6 Å². The Balaban J connectivity index is 1.85. The predicted molar refractivity (Wildman–Crippen MR) is 132 cm³/mol. The molecular weight excluding hydrogens is 447 g/mol. The molecule has 2 aromatic rings. The van der Waals surface area contributed by atoms with Crippen molar-refractivity contribution in [3.05, 3.63) is 51.9 Å². The monoisotopic (exact) mass is 482 g/mol. The molecule has 2 rings (SSSR count). The minimum Gasteiger partial charge on any atom is -0.484 e. The summed E-state index contributed by atoms with van der Waals surface area (Å²) in [6, 6.07) is 8.63. The van der Waals surface area contributed by atoms with Gasteiger partial charge in [0.1, 0.15) is 23.1 Å². The molecular formula is C25H36Cl2N2O3. The average molecular weight is 483 g/mol. The van der Waals surface area contributed by atoms with Gasteiger partial charge in [0.05, 0.1) is 5.02 Å². The Morgan fingerprint density at radius 2 is 1.75 bits per heavy atom. The molecule has 0 saturated carbocycles. The summed E-state index contributed by atoms with van der Waals surface area (Å²) in [5.74, 6) is 1.07. The van der Waals surface area contributed by atoms with Crippen LogP contribution in [0.1, 0.15) is 75.6 Å². The number of halogens is 2. The second-order valence-corrected chi connectivity index (χ2v) is 8.98. The average Bonchev–Trinajstić information content (AvgIpc) is 3.24. The van der Waals surface area contributed by atoms with Crippen molar-refractivity contribution in [1.82, 2.24) is 10.2 Å². The van der Waals surface area contributed by atoms with Crippen molar-refractivity contribution in [2.75, 3.05) is 19.6 Å². The molecule has 7 heteroatoms. The number of furan rings is 1. The summed E-state index contributed by atoms with van der Waals surface area (Å²) in [4.78, 5) is 15.1. The number of hydrogen-bond donors (Lipinski definition) is 1. The maximum absolute atomic E-state index is 12.6. The van der Waals surface area contributed by atoms with Crippen LogP contribution in [0.25, 0.3) is 0 Å². The first-order valence-corrected chi connectivity index (χ1v) is 12.4. The number of carbonyl (C=O) groups is 1. The molecule has 0 aliphatic rings. The lowest BCUT2D eigenvalue weighted by molar-refractivity contribution is 0.0896. The van der Waals surface area contributed by atoms with Crippen molar-refractivity contribution in [3.63, 3.8) is 0 Å². The molecule has 0 fully saturated rings. The molecule has 0 saturated heterocycles. The van der Waals surface area contributed by atoms with E-state index in [0.717, 1.165) is 19.6 Å². The highest BCUT2D eigenvalue weighted by Gasteiger charge is 2.17. The summed E-state index contributed by atoms with van der Waals surface area (Å²) in [7, 11) is 0. The van der Waals surface area contributed by atoms with Crippen molar-refractivity contribution in [3.8, 4) is 5.75 Å². The maximum Gasteiger partial charge on any atom is 0.287 e. The van der Waals surface area contributed by atoms with Gasteiger partial charge in [-0.25, -0.2) is 0 Å². The Morgan fingerprint density at radius 3 is 2.41 bits per heavy atom. The second-order valence-electron chi connectivity index (χ2n) is 8.20. The Bertz CT molecular complexity index is 815. The highest BCUT2D eigenvalue weighted by Crippen LogP contribution is 2.32. The highest BCUT2D eigenvalue weighted by atomic mass is 35.5. The molecule has 1 N–H and O–H groups in total. The molecule has 1 heterocycles. The van der Waals surface area contributed by atoms with E-state index in [1.807, 2.05) is 6.92 Å². The smallest absolute Gasteiger partial charge is 0.287 e. The zero-order valence-electron chi connectivity index (χ0n) is 19.5. The summed E-state index contributed by atoms with van der Waals surface area (Å²) in [5, 5.41) is 3.84. The van der Waals surface area contributed by atoms with Gasteiger partial charge in [-0.3, -0.25) is 4.79 Å². The van der Waals surface area contributed by atoms with Crippen LogP contribution >= 0.6 is 23.2 Å². The number of carbonyl (C=O) groups excluding carboxylic acids is 1. The number of rotatable bonds is 15. The van der Waals surface area contributed by atoms with Gasteiger partial charge in [-0.2, -0.15) is 0 Å². The first-order valence-electron chi connectivity index (χ1n) is 11.6. The Labute approximate surface area is 202 Å². The molecule has 178 valence electrons. The molecule has 32 heavy (non-hydrogen) atoms. The molecule has 0 spiro atoms. The van der Waals surface area contributed by atoms with Crippen LogP contribution in [0, 0.1) is 0 Å². The topological polar surface area (TPSA) is 54.7 Å². The fourth-order valence-electron chi connectivity index (χ4n) is 3.51. The number of amides is 1. The molecule has 1 unspecified atom stereocenters. The van der Waals surface area contributed by atoms with Gasteiger partial charge >= 0.3 is 0 Å². The number of ether oxygens (including phenoxy) is 1. The van der Waals surface area contributed by atoms with E-state index >= 15 is 0 Å². The third-order valence-electron chi connectivity index (χ3n) is 5.24. The fourth-order valence-corrected chi connectivity index (χ4v) is 3.86. The van der Waals surface area contributed by atoms with E-state index in [1.54, 1.807) is 30.3 Å². The number of unbranched alkanes of at least 4 members (excludes halogenated alkanes) is 4. The number of hydrogen-bond acceptors (Lipinski definition) is 4. The van der Waals surface area contributed by atoms with E-state index in [-0.39, 0.29) is 24.3 Å². The Kier molecular flexibility index (Phi) is 12.0. The highest BCUT2D eigenvalue weighted by molar-refractivity contribution is 6.42. The summed E-state index contributed by atoms with van der Waals surface area (Å²) >= 11 is 12.1. The predicted octanol–water partition coefficient (Wildman–Crippen LogP) is 6.97. The molecule has 0 aliphatic heterocycles. The van der Waals surface area contributed by atoms with Crippen molar-refractivity contribution in [1.29, 1.82) is 0 Å². The van der Waals surface area contributed by atoms with E-state index < -0.39 is 0 Å². The van der Waals surface area contributed by atoms with Gasteiger partial charge < -0.3 is 19.4 Å². The standard InChI is InChI=1S/C25H36Cl2N2O3/c1-4-6-8-15-29(16-9-7-5-2)17-19(3)28-25(30)23-14-13-20(32-23)18-31-22-12-10-11-21(26)24(22)27/h10-14,19H,4-9,15-18H2,1-3H3,(H,28,30). The van der Waals surface area contributed by atoms with E-state index in [1.165, 1.54) is 38.5 Å². The molecule has 5 nitrogen and oxygen atoms in total. The molecule has 0 radical (unpaired) electrons. The molecule has 1 aromatic heterocycles. The molecule has 0 aliphatic carbocycles. The minimum atomic E-state index is -0.216. The Morgan fingerprint density at radius 1 is 1.06 bits per heavy atom. The third kappa shape index (κ3) is 9.05. The molecule has 1 amide bonds. The van der Waals surface area contributed by atoms with Gasteiger partial charge in [0.2, 0.25) is 0 Å². The van der Waals surface area contributed by atoms with Gasteiger partial charge in [0.15, 0.2) is 5.76 Å². The van der Waals surface area contributed by atoms with Crippen LogP contribution in [0.2, 0.25) is 10.0 Å². The maximum atomic E-state index is 12.6. The summed E-state index contributed by atoms with van der Waals surface area (Å²) in [6.07, 6.45) is 7.29. The van der Waals surface area contributed by atoms with Crippen LogP contribution in [-0.4, -0.2) is 36.5 Å². The van der Waals surface area contributed by atoms with Crippen molar-refractivity contribution >= 4 is 29.1 Å². The SMILES string of the molecule is CCCCCN(CCCCC)CC(C)NC(=O)c1ccc(COc2cccc(Cl)c2Cl)o1. The van der Waals surface area contributed by atoms with Gasteiger partial charge in [-0.15, -0.1) is 0 Å². The van der Waals surface area contributed by atoms with Crippen molar-refractivity contribution in [2.24, 2.45) is 0 Å². The van der Waals surface area contributed by atoms with Crippen molar-refractivity contribution in [2.45, 2.75) is 71.9 Å². The lowest BCUT2D eigenvalue weighted by Gasteiger charge is -2.26. The van der Waals surface area contributed by atoms with Crippen LogP contribution in [-0.2, 0) is 6.61 Å². The number of benzene rings is 1. The van der Waals surface area contributed by atoms with Crippen LogP contribution < -0.4 is 10.1 Å². The van der Waals surface area contributed by atoms with E-state index in [4.69, 9.17) is 32.4 Å². The lowest BCUT2D eigenvalue weighted by Crippen LogP contribution is -2.42. The van der Waals surface area contributed by atoms with Crippen LogP contribution in [0.4, 0.5) is 0 Å². The van der Waals surface area contributed by atoms with E-state index in [0.29, 0.717) is 21.6 Å². The summed E-state index contributed by atoms with van der Waals surface area (Å²) in [6.45, 7) is 9.62. The van der Waals surface area contributed by atoms with Crippen molar-refractivity contribution < 1.29 is 13.9 Å². The van der Waals surface area contributed by atoms with Gasteiger partial charge in [0.25, 0.3) is 5.91 Å². The van der Waals surface area contributed by atoms with E-state index in [2.05, 4.69) is 24.1 Å². The van der Waals surface area contributed by atoms with Crippen LogP contribution in [0.3, 0.4) is 0 Å². The number of nitrogens with zero attached hydrogens (tertiary/aromatic N) is 1. The first-order chi connectivity index (χ1) is 15.4. The normalized spacial score (nSPS) is 12.2. The van der Waals surface area contributed by atoms with E-state index in [9.17, 15) is 4.79 Å². The summed E-state index contributed by atoms with van der Waals surface area (Å²) < 4.78 is 11.4. The van der Waals surface area contributed by atoms with Gasteiger partial charge in [-0.05, 0) is 57.1 Å². The largest absolute Gasteiger partial charge is 0.484 e. The van der Waals surface area contributed by atoms with Gasteiger partial charge in [-0.1, -0.05) is 68.8 Å². The zero-order chi connectivity index (χ0) is 23.3. The Hall–Kier alpha value is -1.69. The molecule has 1 aromatic carbocycles. The molecule has 1 atom stereocenters. The third-order valence-corrected chi connectivity index (χ3v) is 6.04. The first kappa shape index (κ1) is 26.6. The number of nitrogens with one attached hydrogen (secondary N) is 1. The minimum absolute atomic E-state index is 0.0285.